The van der Waals surface area contributed by atoms with Crippen molar-refractivity contribution < 1.29 is 19.4 Å². The van der Waals surface area contributed by atoms with Gasteiger partial charge in [0, 0.05) is 73.4 Å². The Bertz CT molecular complexity index is 1700. The van der Waals surface area contributed by atoms with Gasteiger partial charge in [0.05, 0.1) is 29.6 Å². The molecule has 0 saturated carbocycles. The van der Waals surface area contributed by atoms with Gasteiger partial charge in [-0.25, -0.2) is 4.98 Å². The van der Waals surface area contributed by atoms with E-state index in [4.69, 9.17) is 21.3 Å². The number of benzene rings is 1. The molecule has 46 heavy (non-hydrogen) atoms. The molecule has 0 unspecified atom stereocenters. The minimum Gasteiger partial charge on any atom is -0.481 e. The summed E-state index contributed by atoms with van der Waals surface area (Å²) in [5.41, 5.74) is 6.15. The molecule has 3 aromatic heterocycles. The van der Waals surface area contributed by atoms with E-state index in [2.05, 4.69) is 31.2 Å². The van der Waals surface area contributed by atoms with E-state index in [1.807, 2.05) is 49.4 Å². The molecular weight excluding hydrogens is 606 g/mol. The average Bonchev–Trinajstić information content (AvgIpc) is 3.47. The molecule has 2 amide bonds. The van der Waals surface area contributed by atoms with Crippen LogP contribution in [-0.2, 0) is 17.9 Å². The Hall–Kier alpha value is -4.42. The lowest BCUT2D eigenvalue weighted by Crippen LogP contribution is -2.35. The quantitative estimate of drug-likeness (QED) is 0.144. The number of ether oxygens (including phenoxy) is 1. The van der Waals surface area contributed by atoms with E-state index >= 15 is 0 Å². The zero-order valence-corrected chi connectivity index (χ0v) is 26.8. The second-order valence-corrected chi connectivity index (χ2v) is 11.7. The number of methoxy groups -OCH3 is 1. The van der Waals surface area contributed by atoms with Gasteiger partial charge in [0.1, 0.15) is 5.69 Å². The van der Waals surface area contributed by atoms with Crippen molar-refractivity contribution in [2.45, 2.75) is 51.9 Å². The largest absolute Gasteiger partial charge is 0.481 e. The third kappa shape index (κ3) is 8.04. The van der Waals surface area contributed by atoms with Gasteiger partial charge in [-0.15, -0.1) is 0 Å². The number of aliphatic hydroxyl groups excluding tert-OH is 1. The lowest BCUT2D eigenvalue weighted by Gasteiger charge is -2.16. The highest BCUT2D eigenvalue weighted by atomic mass is 35.5. The lowest BCUT2D eigenvalue weighted by molar-refractivity contribution is -0.119. The SMILES string of the molecule is COc1nc(-c2ccnc(-c3cccc(NC(=O)c4ccc(CNC[C@H](C)O)cn4)c3C)c2Cl)ccc1CNC[C@@H]1CCC(=O)N1. The first-order valence-electron chi connectivity index (χ1n) is 15.2. The van der Waals surface area contributed by atoms with Crippen LogP contribution in [0.2, 0.25) is 5.02 Å². The zero-order chi connectivity index (χ0) is 32.6. The van der Waals surface area contributed by atoms with Crippen LogP contribution in [0.5, 0.6) is 5.88 Å². The highest BCUT2D eigenvalue weighted by Crippen LogP contribution is 2.38. The Balaban J connectivity index is 1.30. The minimum atomic E-state index is -0.441. The summed E-state index contributed by atoms with van der Waals surface area (Å²) in [6.07, 6.45) is 4.28. The molecule has 0 spiro atoms. The Labute approximate surface area is 273 Å². The van der Waals surface area contributed by atoms with Crippen molar-refractivity contribution in [2.24, 2.45) is 0 Å². The van der Waals surface area contributed by atoms with Crippen molar-refractivity contribution in [3.8, 4) is 28.4 Å². The molecule has 0 aliphatic carbocycles. The number of hydrogen-bond acceptors (Lipinski definition) is 9. The van der Waals surface area contributed by atoms with Gasteiger partial charge in [-0.1, -0.05) is 35.9 Å². The Morgan fingerprint density at radius 2 is 1.96 bits per heavy atom. The molecule has 1 aromatic carbocycles. The van der Waals surface area contributed by atoms with Gasteiger partial charge in [0.15, 0.2) is 0 Å². The molecule has 1 fully saturated rings. The molecule has 1 aliphatic rings. The summed E-state index contributed by atoms with van der Waals surface area (Å²) in [6, 6.07) is 14.9. The van der Waals surface area contributed by atoms with Gasteiger partial charge in [-0.05, 0) is 55.7 Å². The molecule has 0 bridgehead atoms. The lowest BCUT2D eigenvalue weighted by atomic mass is 10.0. The van der Waals surface area contributed by atoms with Crippen LogP contribution in [-0.4, -0.2) is 64.2 Å². The van der Waals surface area contributed by atoms with Crippen LogP contribution in [0.15, 0.2) is 60.9 Å². The van der Waals surface area contributed by atoms with Crippen LogP contribution in [0.3, 0.4) is 0 Å². The fraction of sp³-hybridized carbons (Fsp3) is 0.324. The number of aromatic nitrogens is 3. The average molecular weight is 644 g/mol. The zero-order valence-electron chi connectivity index (χ0n) is 26.1. The van der Waals surface area contributed by atoms with Crippen molar-refractivity contribution in [3.05, 3.63) is 88.3 Å². The number of aliphatic hydroxyl groups is 1. The monoisotopic (exact) mass is 643 g/mol. The van der Waals surface area contributed by atoms with Crippen molar-refractivity contribution in [3.63, 3.8) is 0 Å². The van der Waals surface area contributed by atoms with Crippen molar-refractivity contribution >= 4 is 29.1 Å². The first kappa shape index (κ1) is 33.0. The number of rotatable bonds is 13. The minimum absolute atomic E-state index is 0.0913. The van der Waals surface area contributed by atoms with Gasteiger partial charge in [-0.2, -0.15) is 0 Å². The first-order chi connectivity index (χ1) is 22.2. The van der Waals surface area contributed by atoms with E-state index in [0.717, 1.165) is 28.7 Å². The van der Waals surface area contributed by atoms with Gasteiger partial charge < -0.3 is 31.1 Å². The predicted octanol–water partition coefficient (Wildman–Crippen LogP) is 4.27. The topological polar surface area (TPSA) is 150 Å². The smallest absolute Gasteiger partial charge is 0.274 e. The summed E-state index contributed by atoms with van der Waals surface area (Å²) in [5.74, 6) is 0.234. The molecule has 1 saturated heterocycles. The van der Waals surface area contributed by atoms with Crippen molar-refractivity contribution in [1.29, 1.82) is 0 Å². The standard InChI is InChI=1S/C34H38ClN7O4/c1-20(43)15-36-16-22-7-10-29(39-17-22)33(45)41-27-6-4-5-25(21(27)2)32-31(35)26(13-14-38-32)28-11-8-23(34(42-28)46-3)18-37-19-24-9-12-30(44)40-24/h4-8,10-11,13-14,17,20,24,36-37,43H,9,12,15-16,18-19H2,1-3H3,(H,40,44)(H,41,45)/t20-,24-/m0/s1. The van der Waals surface area contributed by atoms with E-state index in [-0.39, 0.29) is 23.6 Å². The molecule has 0 radical (unpaired) electrons. The fourth-order valence-corrected chi connectivity index (χ4v) is 5.58. The van der Waals surface area contributed by atoms with Crippen molar-refractivity contribution in [1.82, 2.24) is 30.9 Å². The second-order valence-electron chi connectivity index (χ2n) is 11.3. The van der Waals surface area contributed by atoms with E-state index in [1.54, 1.807) is 32.5 Å². The second kappa shape index (κ2) is 15.2. The van der Waals surface area contributed by atoms with E-state index in [9.17, 15) is 14.7 Å². The highest BCUT2D eigenvalue weighted by molar-refractivity contribution is 6.35. The molecule has 4 aromatic rings. The first-order valence-corrected chi connectivity index (χ1v) is 15.5. The van der Waals surface area contributed by atoms with Gasteiger partial charge >= 0.3 is 0 Å². The van der Waals surface area contributed by atoms with Crippen LogP contribution in [0.4, 0.5) is 5.69 Å². The molecule has 1 aliphatic heterocycles. The Morgan fingerprint density at radius 1 is 1.11 bits per heavy atom. The number of pyridine rings is 3. The number of hydrogen-bond donors (Lipinski definition) is 5. The summed E-state index contributed by atoms with van der Waals surface area (Å²) in [4.78, 5) is 38.2. The van der Waals surface area contributed by atoms with Crippen molar-refractivity contribution in [2.75, 3.05) is 25.5 Å². The molecule has 4 heterocycles. The van der Waals surface area contributed by atoms with Crippen LogP contribution >= 0.6 is 11.6 Å². The molecule has 11 nitrogen and oxygen atoms in total. The number of carbonyl (C=O) groups is 2. The number of carbonyl (C=O) groups excluding carboxylic acids is 2. The molecule has 5 rings (SSSR count). The summed E-state index contributed by atoms with van der Waals surface area (Å²) in [5, 5.41) is 22.3. The summed E-state index contributed by atoms with van der Waals surface area (Å²) < 4.78 is 5.61. The molecular formula is C34H38ClN7O4. The maximum Gasteiger partial charge on any atom is 0.274 e. The van der Waals surface area contributed by atoms with Crippen LogP contribution in [0.1, 0.15) is 46.9 Å². The maximum absolute atomic E-state index is 13.1. The third-order valence-electron chi connectivity index (χ3n) is 7.75. The van der Waals surface area contributed by atoms with Crippen LogP contribution in [0.25, 0.3) is 22.5 Å². The Morgan fingerprint density at radius 3 is 2.67 bits per heavy atom. The van der Waals surface area contributed by atoms with Gasteiger partial charge in [-0.3, -0.25) is 19.6 Å². The third-order valence-corrected chi connectivity index (χ3v) is 8.13. The van der Waals surface area contributed by atoms with E-state index < -0.39 is 6.10 Å². The molecule has 12 heteroatoms. The number of amides is 2. The summed E-state index contributed by atoms with van der Waals surface area (Å²) in [7, 11) is 1.58. The number of nitrogens with one attached hydrogen (secondary N) is 4. The van der Waals surface area contributed by atoms with Crippen LogP contribution in [0, 0.1) is 6.92 Å². The predicted molar refractivity (Wildman–Crippen MR) is 178 cm³/mol. The maximum atomic E-state index is 13.1. The fourth-order valence-electron chi connectivity index (χ4n) is 5.27. The van der Waals surface area contributed by atoms with E-state index in [1.165, 1.54) is 0 Å². The van der Waals surface area contributed by atoms with E-state index in [0.29, 0.717) is 66.1 Å². The molecule has 5 N–H and O–H groups in total. The highest BCUT2D eigenvalue weighted by Gasteiger charge is 2.21. The summed E-state index contributed by atoms with van der Waals surface area (Å²) >= 11 is 6.97. The Kier molecular flexibility index (Phi) is 10.9. The van der Waals surface area contributed by atoms with Gasteiger partial charge in [0.2, 0.25) is 11.8 Å². The normalized spacial score (nSPS) is 15.0. The molecule has 2 atom stereocenters. The van der Waals surface area contributed by atoms with Gasteiger partial charge in [0.25, 0.3) is 5.91 Å². The van der Waals surface area contributed by atoms with Crippen LogP contribution < -0.4 is 26.0 Å². The summed E-state index contributed by atoms with van der Waals surface area (Å²) in [6.45, 7) is 5.84. The number of halogens is 1. The number of anilines is 1. The molecule has 240 valence electrons. The number of nitrogens with zero attached hydrogens (tertiary/aromatic N) is 3.